The van der Waals surface area contributed by atoms with Gasteiger partial charge in [-0.15, -0.1) is 11.3 Å². The number of aromatic nitrogens is 4. The first-order chi connectivity index (χ1) is 11.7. The Balaban J connectivity index is 1.56. The fourth-order valence-corrected chi connectivity index (χ4v) is 2.87. The minimum atomic E-state index is -0.101. The molecule has 3 rings (SSSR count). The Hall–Kier alpha value is -2.48. The average Bonchev–Trinajstić information content (AvgIpc) is 3.32. The zero-order valence-corrected chi connectivity index (χ0v) is 14.4. The Kier molecular flexibility index (Phi) is 5.05. The van der Waals surface area contributed by atoms with E-state index in [4.69, 9.17) is 4.52 Å². The molecule has 1 unspecified atom stereocenters. The van der Waals surface area contributed by atoms with Crippen LogP contribution in [0, 0.1) is 0 Å². The van der Waals surface area contributed by atoms with Gasteiger partial charge in [0, 0.05) is 18.9 Å². The highest BCUT2D eigenvalue weighted by Crippen LogP contribution is 2.21. The van der Waals surface area contributed by atoms with Gasteiger partial charge in [0.2, 0.25) is 17.6 Å². The first-order valence-corrected chi connectivity index (χ1v) is 8.75. The van der Waals surface area contributed by atoms with Gasteiger partial charge in [-0.2, -0.15) is 10.1 Å². The molecule has 1 N–H and O–H groups in total. The average molecular weight is 345 g/mol. The number of hydrogen-bond acceptors (Lipinski definition) is 6. The van der Waals surface area contributed by atoms with Gasteiger partial charge in [-0.05, 0) is 24.8 Å². The molecule has 0 fully saturated rings. The van der Waals surface area contributed by atoms with E-state index in [1.54, 1.807) is 23.6 Å². The van der Waals surface area contributed by atoms with Crippen LogP contribution in [0.2, 0.25) is 0 Å². The van der Waals surface area contributed by atoms with E-state index in [0.717, 1.165) is 11.3 Å². The second-order valence-corrected chi connectivity index (χ2v) is 6.40. The molecular weight excluding hydrogens is 326 g/mol. The molecule has 24 heavy (non-hydrogen) atoms. The van der Waals surface area contributed by atoms with Gasteiger partial charge in [-0.1, -0.05) is 18.1 Å². The monoisotopic (exact) mass is 345 g/mol. The van der Waals surface area contributed by atoms with Crippen LogP contribution in [0.4, 0.5) is 5.82 Å². The van der Waals surface area contributed by atoms with Crippen molar-refractivity contribution in [2.75, 3.05) is 5.32 Å². The summed E-state index contributed by atoms with van der Waals surface area (Å²) in [7, 11) is 0. The highest BCUT2D eigenvalue weighted by Gasteiger charge is 2.14. The molecule has 0 aliphatic heterocycles. The van der Waals surface area contributed by atoms with Crippen molar-refractivity contribution < 1.29 is 9.32 Å². The third kappa shape index (κ3) is 3.70. The molecule has 0 aromatic carbocycles. The number of nitrogens with one attached hydrogen (secondary N) is 1. The van der Waals surface area contributed by atoms with Gasteiger partial charge >= 0.3 is 0 Å². The van der Waals surface area contributed by atoms with Crippen molar-refractivity contribution in [3.05, 3.63) is 35.7 Å². The largest absolute Gasteiger partial charge is 0.339 e. The summed E-state index contributed by atoms with van der Waals surface area (Å²) in [5.41, 5.74) is 0. The Morgan fingerprint density at radius 1 is 1.46 bits per heavy atom. The SMILES string of the molecule is CCC(C)n1nccc1NC(=O)CCc1nc(-c2cccs2)no1. The lowest BCUT2D eigenvalue weighted by Crippen LogP contribution is -2.17. The Morgan fingerprint density at radius 3 is 3.08 bits per heavy atom. The summed E-state index contributed by atoms with van der Waals surface area (Å²) < 4.78 is 7.02. The van der Waals surface area contributed by atoms with Crippen LogP contribution < -0.4 is 5.32 Å². The summed E-state index contributed by atoms with van der Waals surface area (Å²) in [5, 5.41) is 13.0. The van der Waals surface area contributed by atoms with E-state index >= 15 is 0 Å². The van der Waals surface area contributed by atoms with E-state index in [-0.39, 0.29) is 18.4 Å². The van der Waals surface area contributed by atoms with Gasteiger partial charge in [0.25, 0.3) is 0 Å². The summed E-state index contributed by atoms with van der Waals surface area (Å²) >= 11 is 1.55. The van der Waals surface area contributed by atoms with Gasteiger partial charge < -0.3 is 9.84 Å². The highest BCUT2D eigenvalue weighted by molar-refractivity contribution is 7.13. The van der Waals surface area contributed by atoms with Gasteiger partial charge in [-0.3, -0.25) is 4.79 Å². The van der Waals surface area contributed by atoms with Crippen LogP contribution in [0.1, 0.15) is 38.6 Å². The molecule has 1 atom stereocenters. The van der Waals surface area contributed by atoms with Gasteiger partial charge in [0.1, 0.15) is 5.82 Å². The van der Waals surface area contributed by atoms with Crippen LogP contribution in [-0.2, 0) is 11.2 Å². The highest BCUT2D eigenvalue weighted by atomic mass is 32.1. The second-order valence-electron chi connectivity index (χ2n) is 5.46. The lowest BCUT2D eigenvalue weighted by atomic mass is 10.2. The van der Waals surface area contributed by atoms with Crippen molar-refractivity contribution in [2.24, 2.45) is 0 Å². The third-order valence-electron chi connectivity index (χ3n) is 3.72. The van der Waals surface area contributed by atoms with Crippen LogP contribution in [0.15, 0.2) is 34.3 Å². The lowest BCUT2D eigenvalue weighted by Gasteiger charge is -2.13. The van der Waals surface area contributed by atoms with Crippen LogP contribution in [0.3, 0.4) is 0 Å². The molecule has 0 radical (unpaired) electrons. The maximum Gasteiger partial charge on any atom is 0.227 e. The summed E-state index contributed by atoms with van der Waals surface area (Å²) in [4.78, 5) is 17.4. The van der Waals surface area contributed by atoms with Crippen LogP contribution >= 0.6 is 11.3 Å². The smallest absolute Gasteiger partial charge is 0.227 e. The zero-order chi connectivity index (χ0) is 16.9. The van der Waals surface area contributed by atoms with Crippen molar-refractivity contribution in [1.29, 1.82) is 0 Å². The number of carbonyl (C=O) groups excluding carboxylic acids is 1. The minimum Gasteiger partial charge on any atom is -0.339 e. The van der Waals surface area contributed by atoms with E-state index in [1.807, 2.05) is 22.2 Å². The number of aryl methyl sites for hydroxylation is 1. The van der Waals surface area contributed by atoms with Gasteiger partial charge in [0.15, 0.2) is 0 Å². The third-order valence-corrected chi connectivity index (χ3v) is 4.59. The van der Waals surface area contributed by atoms with Crippen LogP contribution in [0.25, 0.3) is 10.7 Å². The number of anilines is 1. The number of hydrogen-bond donors (Lipinski definition) is 1. The number of carbonyl (C=O) groups is 1. The summed E-state index contributed by atoms with van der Waals surface area (Å²) in [6.45, 7) is 4.14. The topological polar surface area (TPSA) is 85.8 Å². The molecule has 0 saturated heterocycles. The minimum absolute atomic E-state index is 0.101. The Labute approximate surface area is 143 Å². The molecule has 0 aliphatic carbocycles. The molecule has 0 aliphatic rings. The maximum absolute atomic E-state index is 12.1. The van der Waals surface area contributed by atoms with Crippen molar-refractivity contribution in [1.82, 2.24) is 19.9 Å². The quantitative estimate of drug-likeness (QED) is 0.708. The second kappa shape index (κ2) is 7.39. The molecule has 3 heterocycles. The predicted octanol–water partition coefficient (Wildman–Crippen LogP) is 3.54. The van der Waals surface area contributed by atoms with E-state index in [1.165, 1.54) is 0 Å². The predicted molar refractivity (Wildman–Crippen MR) is 91.8 cm³/mol. The maximum atomic E-state index is 12.1. The van der Waals surface area contributed by atoms with Crippen molar-refractivity contribution in [2.45, 2.75) is 39.2 Å². The molecule has 3 aromatic rings. The molecule has 0 spiro atoms. The van der Waals surface area contributed by atoms with E-state index < -0.39 is 0 Å². The van der Waals surface area contributed by atoms with Crippen molar-refractivity contribution >= 4 is 23.1 Å². The van der Waals surface area contributed by atoms with Gasteiger partial charge in [-0.25, -0.2) is 4.68 Å². The van der Waals surface area contributed by atoms with Crippen LogP contribution in [-0.4, -0.2) is 25.8 Å². The first kappa shape index (κ1) is 16.4. The Morgan fingerprint density at radius 2 is 2.33 bits per heavy atom. The summed E-state index contributed by atoms with van der Waals surface area (Å²) in [6, 6.07) is 5.90. The molecule has 0 bridgehead atoms. The standard InChI is InChI=1S/C16H19N5O2S/c1-3-11(2)21-13(8-9-17-21)18-14(22)6-7-15-19-16(20-23-15)12-5-4-10-24-12/h4-5,8-11H,3,6-7H2,1-2H3,(H,18,22). The van der Waals surface area contributed by atoms with Gasteiger partial charge in [0.05, 0.1) is 17.1 Å². The molecule has 7 nitrogen and oxygen atoms in total. The molecule has 3 aromatic heterocycles. The molecule has 8 heteroatoms. The van der Waals surface area contributed by atoms with E-state index in [9.17, 15) is 4.79 Å². The van der Waals surface area contributed by atoms with Crippen molar-refractivity contribution in [3.8, 4) is 10.7 Å². The Bertz CT molecular complexity index is 793. The lowest BCUT2D eigenvalue weighted by molar-refractivity contribution is -0.116. The number of nitrogens with zero attached hydrogens (tertiary/aromatic N) is 4. The van der Waals surface area contributed by atoms with E-state index in [2.05, 4.69) is 34.4 Å². The van der Waals surface area contributed by atoms with E-state index in [0.29, 0.717) is 24.0 Å². The fraction of sp³-hybridized carbons (Fsp3) is 0.375. The molecule has 126 valence electrons. The van der Waals surface area contributed by atoms with Crippen molar-refractivity contribution in [3.63, 3.8) is 0 Å². The number of amides is 1. The summed E-state index contributed by atoms with van der Waals surface area (Å²) in [6.07, 6.45) is 3.31. The summed E-state index contributed by atoms with van der Waals surface area (Å²) in [5.74, 6) is 1.63. The molecule has 1 amide bonds. The van der Waals surface area contributed by atoms with Crippen LogP contribution in [0.5, 0.6) is 0 Å². The zero-order valence-electron chi connectivity index (χ0n) is 13.6. The molecule has 0 saturated carbocycles. The number of rotatable bonds is 7. The first-order valence-electron chi connectivity index (χ1n) is 7.87. The molecular formula is C16H19N5O2S. The number of thiophene rings is 1. The fourth-order valence-electron chi connectivity index (χ4n) is 2.23. The normalized spacial score (nSPS) is 12.2.